The Labute approximate surface area is 93.9 Å². The van der Waals surface area contributed by atoms with Gasteiger partial charge in [0.25, 0.3) is 0 Å². The predicted octanol–water partition coefficient (Wildman–Crippen LogP) is 1.76. The zero-order chi connectivity index (χ0) is 10.8. The van der Waals surface area contributed by atoms with Crippen LogP contribution >= 0.6 is 11.3 Å². The van der Waals surface area contributed by atoms with Crippen LogP contribution in [0.2, 0.25) is 0 Å². The van der Waals surface area contributed by atoms with Crippen LogP contribution in [0.4, 0.5) is 0 Å². The van der Waals surface area contributed by atoms with Crippen LogP contribution in [0.25, 0.3) is 0 Å². The van der Waals surface area contributed by atoms with E-state index < -0.39 is 6.04 Å². The fraction of sp³-hybridized carbons (Fsp3) is 0.545. The first kappa shape index (κ1) is 10.6. The largest absolute Gasteiger partial charge is 0.338 e. The number of nitrogens with zero attached hydrogens (tertiary/aromatic N) is 1. The Balaban J connectivity index is 2.06. The van der Waals surface area contributed by atoms with Crippen LogP contribution in [0.15, 0.2) is 17.5 Å². The van der Waals surface area contributed by atoms with Crippen molar-refractivity contribution in [1.82, 2.24) is 4.90 Å². The highest BCUT2D eigenvalue weighted by atomic mass is 32.1. The SMILES string of the molecule is CCN(C(=O)C(N)c1cccs1)C1CC1. The lowest BCUT2D eigenvalue weighted by molar-refractivity contribution is -0.133. The van der Waals surface area contributed by atoms with Crippen molar-refractivity contribution in [3.05, 3.63) is 22.4 Å². The second kappa shape index (κ2) is 4.33. The normalized spacial score (nSPS) is 17.5. The fourth-order valence-electron chi connectivity index (χ4n) is 1.75. The van der Waals surface area contributed by atoms with Crippen LogP contribution in [0.3, 0.4) is 0 Å². The molecular weight excluding hydrogens is 208 g/mol. The Morgan fingerprint density at radius 2 is 2.47 bits per heavy atom. The summed E-state index contributed by atoms with van der Waals surface area (Å²) in [5.74, 6) is 0.0717. The van der Waals surface area contributed by atoms with E-state index in [1.165, 1.54) is 0 Å². The van der Waals surface area contributed by atoms with E-state index >= 15 is 0 Å². The number of hydrogen-bond donors (Lipinski definition) is 1. The summed E-state index contributed by atoms with van der Waals surface area (Å²) in [6, 6.07) is 3.84. The maximum atomic E-state index is 12.1. The van der Waals surface area contributed by atoms with E-state index in [0.717, 1.165) is 24.3 Å². The topological polar surface area (TPSA) is 46.3 Å². The second-order valence-electron chi connectivity index (χ2n) is 3.85. The summed E-state index contributed by atoms with van der Waals surface area (Å²) < 4.78 is 0. The first-order valence-corrected chi connectivity index (χ1v) is 6.21. The van der Waals surface area contributed by atoms with Crippen molar-refractivity contribution in [1.29, 1.82) is 0 Å². The van der Waals surface area contributed by atoms with Crippen molar-refractivity contribution in [3.8, 4) is 0 Å². The molecule has 0 bridgehead atoms. The molecule has 1 aromatic heterocycles. The summed E-state index contributed by atoms with van der Waals surface area (Å²) in [7, 11) is 0. The molecule has 1 atom stereocenters. The van der Waals surface area contributed by atoms with Gasteiger partial charge in [-0.25, -0.2) is 0 Å². The third-order valence-corrected chi connectivity index (χ3v) is 3.68. The minimum Gasteiger partial charge on any atom is -0.338 e. The van der Waals surface area contributed by atoms with Gasteiger partial charge in [-0.15, -0.1) is 11.3 Å². The van der Waals surface area contributed by atoms with Crippen LogP contribution in [0.5, 0.6) is 0 Å². The van der Waals surface area contributed by atoms with E-state index in [9.17, 15) is 4.79 Å². The Kier molecular flexibility index (Phi) is 3.07. The van der Waals surface area contributed by atoms with Crippen LogP contribution < -0.4 is 5.73 Å². The zero-order valence-electron chi connectivity index (χ0n) is 8.85. The van der Waals surface area contributed by atoms with Gasteiger partial charge >= 0.3 is 0 Å². The first-order chi connectivity index (χ1) is 7.24. The molecule has 0 saturated heterocycles. The number of carbonyl (C=O) groups is 1. The van der Waals surface area contributed by atoms with Gasteiger partial charge in [0, 0.05) is 17.5 Å². The number of likely N-dealkylation sites (N-methyl/N-ethyl adjacent to an activating group) is 1. The number of rotatable bonds is 4. The predicted molar refractivity (Wildman–Crippen MR) is 61.7 cm³/mol. The minimum atomic E-state index is -0.467. The third kappa shape index (κ3) is 2.21. The molecule has 1 aromatic rings. The fourth-order valence-corrected chi connectivity index (χ4v) is 2.47. The minimum absolute atomic E-state index is 0.0717. The van der Waals surface area contributed by atoms with Gasteiger partial charge in [-0.05, 0) is 31.2 Å². The molecule has 2 rings (SSSR count). The molecule has 1 fully saturated rings. The van der Waals surface area contributed by atoms with E-state index in [4.69, 9.17) is 5.73 Å². The summed E-state index contributed by atoms with van der Waals surface area (Å²) in [6.07, 6.45) is 2.27. The molecule has 82 valence electrons. The first-order valence-electron chi connectivity index (χ1n) is 5.33. The highest BCUT2D eigenvalue weighted by molar-refractivity contribution is 7.10. The Morgan fingerprint density at radius 1 is 1.73 bits per heavy atom. The van der Waals surface area contributed by atoms with Gasteiger partial charge in [0.2, 0.25) is 5.91 Å². The maximum absolute atomic E-state index is 12.1. The van der Waals surface area contributed by atoms with Gasteiger partial charge in [0.1, 0.15) is 6.04 Å². The van der Waals surface area contributed by atoms with Gasteiger partial charge in [0.05, 0.1) is 0 Å². The molecule has 1 saturated carbocycles. The maximum Gasteiger partial charge on any atom is 0.245 e. The van der Waals surface area contributed by atoms with Gasteiger partial charge in [-0.1, -0.05) is 6.07 Å². The number of thiophene rings is 1. The number of hydrogen-bond acceptors (Lipinski definition) is 3. The molecule has 0 spiro atoms. The van der Waals surface area contributed by atoms with E-state index in [1.807, 2.05) is 29.3 Å². The molecule has 2 N–H and O–H groups in total. The standard InChI is InChI=1S/C11H16N2OS/c1-2-13(8-5-6-8)11(14)10(12)9-4-3-7-15-9/h3-4,7-8,10H,2,5-6,12H2,1H3. The molecule has 0 aliphatic heterocycles. The highest BCUT2D eigenvalue weighted by Gasteiger charge is 2.34. The van der Waals surface area contributed by atoms with Gasteiger partial charge in [-0.3, -0.25) is 4.79 Å². The van der Waals surface area contributed by atoms with Crippen LogP contribution in [0.1, 0.15) is 30.7 Å². The van der Waals surface area contributed by atoms with Crippen molar-refractivity contribution >= 4 is 17.2 Å². The van der Waals surface area contributed by atoms with Crippen LogP contribution in [-0.2, 0) is 4.79 Å². The monoisotopic (exact) mass is 224 g/mol. The average molecular weight is 224 g/mol. The smallest absolute Gasteiger partial charge is 0.245 e. The molecule has 4 heteroatoms. The molecular formula is C11H16N2OS. The Bertz CT molecular complexity index is 332. The average Bonchev–Trinajstić information content (AvgIpc) is 2.93. The summed E-state index contributed by atoms with van der Waals surface area (Å²) in [5, 5.41) is 1.95. The van der Waals surface area contributed by atoms with E-state index in [1.54, 1.807) is 11.3 Å². The quantitative estimate of drug-likeness (QED) is 0.847. The molecule has 3 nitrogen and oxygen atoms in total. The highest BCUT2D eigenvalue weighted by Crippen LogP contribution is 2.29. The molecule has 15 heavy (non-hydrogen) atoms. The molecule has 1 amide bonds. The molecule has 0 radical (unpaired) electrons. The van der Waals surface area contributed by atoms with Crippen molar-refractivity contribution in [3.63, 3.8) is 0 Å². The van der Waals surface area contributed by atoms with Crippen LogP contribution in [-0.4, -0.2) is 23.4 Å². The van der Waals surface area contributed by atoms with Gasteiger partial charge in [-0.2, -0.15) is 0 Å². The van der Waals surface area contributed by atoms with Gasteiger partial charge < -0.3 is 10.6 Å². The third-order valence-electron chi connectivity index (χ3n) is 2.73. The van der Waals surface area contributed by atoms with Crippen molar-refractivity contribution in [2.24, 2.45) is 5.73 Å². The molecule has 1 aliphatic rings. The van der Waals surface area contributed by atoms with Crippen LogP contribution in [0, 0.1) is 0 Å². The molecule has 1 aliphatic carbocycles. The summed E-state index contributed by atoms with van der Waals surface area (Å²) in [5.41, 5.74) is 5.94. The summed E-state index contributed by atoms with van der Waals surface area (Å²) >= 11 is 1.55. The van der Waals surface area contributed by atoms with Gasteiger partial charge in [0.15, 0.2) is 0 Å². The van der Waals surface area contributed by atoms with E-state index in [0.29, 0.717) is 6.04 Å². The lowest BCUT2D eigenvalue weighted by Crippen LogP contribution is -2.39. The Morgan fingerprint density at radius 3 is 2.93 bits per heavy atom. The van der Waals surface area contributed by atoms with E-state index in [-0.39, 0.29) is 5.91 Å². The second-order valence-corrected chi connectivity index (χ2v) is 4.83. The lowest BCUT2D eigenvalue weighted by Gasteiger charge is -2.23. The molecule has 1 unspecified atom stereocenters. The number of amides is 1. The summed E-state index contributed by atoms with van der Waals surface area (Å²) in [6.45, 7) is 2.78. The molecule has 0 aromatic carbocycles. The lowest BCUT2D eigenvalue weighted by atomic mass is 10.2. The molecule has 1 heterocycles. The van der Waals surface area contributed by atoms with Crippen molar-refractivity contribution in [2.75, 3.05) is 6.54 Å². The number of carbonyl (C=O) groups excluding carboxylic acids is 1. The van der Waals surface area contributed by atoms with E-state index in [2.05, 4.69) is 0 Å². The van der Waals surface area contributed by atoms with Crippen molar-refractivity contribution < 1.29 is 4.79 Å². The Hall–Kier alpha value is -0.870. The number of nitrogens with two attached hydrogens (primary N) is 1. The zero-order valence-corrected chi connectivity index (χ0v) is 9.67. The van der Waals surface area contributed by atoms with Crippen molar-refractivity contribution in [2.45, 2.75) is 31.8 Å². The summed E-state index contributed by atoms with van der Waals surface area (Å²) in [4.78, 5) is 14.9.